The lowest BCUT2D eigenvalue weighted by Crippen LogP contribution is -2.19. The van der Waals surface area contributed by atoms with Gasteiger partial charge in [-0.05, 0) is 55.8 Å². The number of carbonyl (C=O) groups is 1. The normalized spacial score (nSPS) is 10.7. The van der Waals surface area contributed by atoms with Crippen molar-refractivity contribution in [1.29, 1.82) is 0 Å². The first-order valence-electron chi connectivity index (χ1n) is 10.0. The summed E-state index contributed by atoms with van der Waals surface area (Å²) in [6.45, 7) is 4.39. The van der Waals surface area contributed by atoms with E-state index in [1.807, 2.05) is 86.6 Å². The molecule has 31 heavy (non-hydrogen) atoms. The molecule has 6 heteroatoms. The summed E-state index contributed by atoms with van der Waals surface area (Å²) in [4.78, 5) is 17.2. The van der Waals surface area contributed by atoms with Crippen molar-refractivity contribution in [2.75, 3.05) is 17.2 Å². The number of nitrogens with one attached hydrogen (secondary N) is 2. The molecule has 4 aromatic rings. The maximum atomic E-state index is 12.5. The maximum Gasteiger partial charge on any atom is 0.323 e. The molecule has 2 amide bonds. The minimum absolute atomic E-state index is 0.310. The Morgan fingerprint density at radius 2 is 1.84 bits per heavy atom. The van der Waals surface area contributed by atoms with Gasteiger partial charge in [-0.1, -0.05) is 41.9 Å². The van der Waals surface area contributed by atoms with Crippen molar-refractivity contribution in [3.05, 3.63) is 83.4 Å². The van der Waals surface area contributed by atoms with Gasteiger partial charge in [-0.25, -0.2) is 9.78 Å². The molecule has 0 aliphatic heterocycles. The largest absolute Gasteiger partial charge is 0.493 e. The average molecular weight is 432 g/mol. The van der Waals surface area contributed by atoms with Crippen molar-refractivity contribution in [3.8, 4) is 17.0 Å². The van der Waals surface area contributed by atoms with Crippen LogP contribution in [0.4, 0.5) is 16.2 Å². The van der Waals surface area contributed by atoms with Crippen molar-refractivity contribution in [2.24, 2.45) is 0 Å². The number of hydrogen-bond donors (Lipinski definition) is 2. The SMILES string of the molecule is CCOc1cc(-c2cccc(Cl)c2)nc2ccc(NC(=O)Nc3ccccc3C)cc12. The first-order valence-corrected chi connectivity index (χ1v) is 10.4. The molecule has 0 unspecified atom stereocenters. The molecule has 156 valence electrons. The van der Waals surface area contributed by atoms with Gasteiger partial charge in [0.2, 0.25) is 0 Å². The molecular weight excluding hydrogens is 410 g/mol. The van der Waals surface area contributed by atoms with Crippen LogP contribution < -0.4 is 15.4 Å². The minimum Gasteiger partial charge on any atom is -0.493 e. The number of halogens is 1. The van der Waals surface area contributed by atoms with Gasteiger partial charge in [0.1, 0.15) is 5.75 Å². The Labute approximate surface area is 186 Å². The first kappa shape index (κ1) is 20.7. The highest BCUT2D eigenvalue weighted by molar-refractivity contribution is 6.30. The summed E-state index contributed by atoms with van der Waals surface area (Å²) in [5.74, 6) is 0.699. The molecule has 0 radical (unpaired) electrons. The summed E-state index contributed by atoms with van der Waals surface area (Å²) < 4.78 is 5.88. The fourth-order valence-electron chi connectivity index (χ4n) is 3.34. The quantitative estimate of drug-likeness (QED) is 0.361. The molecule has 0 aliphatic carbocycles. The number of rotatable bonds is 5. The molecule has 0 saturated carbocycles. The Hall–Kier alpha value is -3.57. The molecule has 0 fully saturated rings. The van der Waals surface area contributed by atoms with Crippen LogP contribution in [0.2, 0.25) is 5.02 Å². The van der Waals surface area contributed by atoms with Crippen LogP contribution in [0, 0.1) is 6.92 Å². The van der Waals surface area contributed by atoms with E-state index in [4.69, 9.17) is 21.3 Å². The van der Waals surface area contributed by atoms with E-state index >= 15 is 0 Å². The number of nitrogens with zero attached hydrogens (tertiary/aromatic N) is 1. The number of hydrogen-bond acceptors (Lipinski definition) is 3. The van der Waals surface area contributed by atoms with Crippen LogP contribution in [-0.2, 0) is 0 Å². The number of ether oxygens (including phenoxy) is 1. The van der Waals surface area contributed by atoms with E-state index in [-0.39, 0.29) is 6.03 Å². The van der Waals surface area contributed by atoms with E-state index in [1.54, 1.807) is 0 Å². The summed E-state index contributed by atoms with van der Waals surface area (Å²) in [6, 6.07) is 22.3. The van der Waals surface area contributed by atoms with E-state index < -0.39 is 0 Å². The zero-order valence-corrected chi connectivity index (χ0v) is 18.0. The predicted octanol–water partition coefficient (Wildman–Crippen LogP) is 6.91. The second-order valence-corrected chi connectivity index (χ2v) is 7.51. The predicted molar refractivity (Wildman–Crippen MR) is 127 cm³/mol. The highest BCUT2D eigenvalue weighted by Crippen LogP contribution is 2.32. The van der Waals surface area contributed by atoms with E-state index in [0.717, 1.165) is 33.4 Å². The van der Waals surface area contributed by atoms with Crippen molar-refractivity contribution >= 4 is 39.9 Å². The lowest BCUT2D eigenvalue weighted by Gasteiger charge is -2.13. The molecule has 0 atom stereocenters. The number of fused-ring (bicyclic) bond motifs is 1. The topological polar surface area (TPSA) is 63.2 Å². The van der Waals surface area contributed by atoms with Gasteiger partial charge in [-0.2, -0.15) is 0 Å². The van der Waals surface area contributed by atoms with Crippen molar-refractivity contribution in [3.63, 3.8) is 0 Å². The number of aryl methyl sites for hydroxylation is 1. The summed E-state index contributed by atoms with van der Waals surface area (Å²) in [5, 5.41) is 7.23. The first-order chi connectivity index (χ1) is 15.0. The molecular formula is C25H22ClN3O2. The zero-order chi connectivity index (χ0) is 21.8. The molecule has 5 nitrogen and oxygen atoms in total. The molecule has 3 aromatic carbocycles. The molecule has 2 N–H and O–H groups in total. The van der Waals surface area contributed by atoms with Gasteiger partial charge in [0.25, 0.3) is 0 Å². The van der Waals surface area contributed by atoms with Crippen LogP contribution in [0.5, 0.6) is 5.75 Å². The number of carbonyl (C=O) groups excluding carboxylic acids is 1. The zero-order valence-electron chi connectivity index (χ0n) is 17.3. The van der Waals surface area contributed by atoms with Gasteiger partial charge in [0, 0.05) is 33.4 Å². The third-order valence-corrected chi connectivity index (χ3v) is 5.08. The second-order valence-electron chi connectivity index (χ2n) is 7.07. The number of aromatic nitrogens is 1. The number of amides is 2. The third kappa shape index (κ3) is 4.78. The van der Waals surface area contributed by atoms with Crippen molar-refractivity contribution in [1.82, 2.24) is 4.98 Å². The molecule has 0 aliphatic rings. The number of pyridine rings is 1. The lowest BCUT2D eigenvalue weighted by molar-refractivity contribution is 0.262. The lowest BCUT2D eigenvalue weighted by atomic mass is 10.1. The molecule has 0 saturated heterocycles. The van der Waals surface area contributed by atoms with Crippen LogP contribution in [0.15, 0.2) is 72.8 Å². The average Bonchev–Trinajstić information content (AvgIpc) is 2.75. The van der Waals surface area contributed by atoms with E-state index in [2.05, 4.69) is 10.6 Å². The van der Waals surface area contributed by atoms with Gasteiger partial charge in [0.15, 0.2) is 0 Å². The van der Waals surface area contributed by atoms with Crippen LogP contribution in [-0.4, -0.2) is 17.6 Å². The van der Waals surface area contributed by atoms with Gasteiger partial charge in [0.05, 0.1) is 17.8 Å². The van der Waals surface area contributed by atoms with Gasteiger partial charge in [-0.15, -0.1) is 0 Å². The number of para-hydroxylation sites is 1. The van der Waals surface area contributed by atoms with Crippen LogP contribution in [0.3, 0.4) is 0 Å². The number of anilines is 2. The Bertz CT molecular complexity index is 1260. The maximum absolute atomic E-state index is 12.5. The van der Waals surface area contributed by atoms with Crippen molar-refractivity contribution in [2.45, 2.75) is 13.8 Å². The molecule has 0 bridgehead atoms. The van der Waals surface area contributed by atoms with Crippen molar-refractivity contribution < 1.29 is 9.53 Å². The van der Waals surface area contributed by atoms with Gasteiger partial charge >= 0.3 is 6.03 Å². The third-order valence-electron chi connectivity index (χ3n) is 4.84. The highest BCUT2D eigenvalue weighted by Gasteiger charge is 2.11. The fraction of sp³-hybridized carbons (Fsp3) is 0.120. The molecule has 0 spiro atoms. The van der Waals surface area contributed by atoms with Crippen LogP contribution in [0.1, 0.15) is 12.5 Å². The number of benzene rings is 3. The molecule has 1 aromatic heterocycles. The van der Waals surface area contributed by atoms with Crippen LogP contribution in [0.25, 0.3) is 22.2 Å². The molecule has 4 rings (SSSR count). The Morgan fingerprint density at radius 3 is 2.61 bits per heavy atom. The monoisotopic (exact) mass is 431 g/mol. The van der Waals surface area contributed by atoms with Gasteiger partial charge < -0.3 is 15.4 Å². The van der Waals surface area contributed by atoms with E-state index in [9.17, 15) is 4.79 Å². The Kier molecular flexibility index (Phi) is 6.05. The second kappa shape index (κ2) is 9.06. The minimum atomic E-state index is -0.310. The Balaban J connectivity index is 1.65. The standard InChI is InChI=1S/C25H22ClN3O2/c1-3-31-24-15-23(17-8-6-9-18(26)13-17)28-22-12-11-19(14-20(22)24)27-25(30)29-21-10-5-4-7-16(21)2/h4-15H,3H2,1-2H3,(H2,27,29,30). The summed E-state index contributed by atoms with van der Waals surface area (Å²) >= 11 is 6.15. The van der Waals surface area contributed by atoms with Crippen LogP contribution >= 0.6 is 11.6 Å². The smallest absolute Gasteiger partial charge is 0.323 e. The number of urea groups is 1. The fourth-order valence-corrected chi connectivity index (χ4v) is 3.53. The molecule has 1 heterocycles. The summed E-state index contributed by atoms with van der Waals surface area (Å²) in [6.07, 6.45) is 0. The highest BCUT2D eigenvalue weighted by atomic mass is 35.5. The summed E-state index contributed by atoms with van der Waals surface area (Å²) in [5.41, 5.74) is 4.87. The van der Waals surface area contributed by atoms with Gasteiger partial charge in [-0.3, -0.25) is 0 Å². The van der Waals surface area contributed by atoms with E-state index in [1.165, 1.54) is 0 Å². The summed E-state index contributed by atoms with van der Waals surface area (Å²) in [7, 11) is 0. The Morgan fingerprint density at radius 1 is 1.00 bits per heavy atom. The van der Waals surface area contributed by atoms with E-state index in [0.29, 0.717) is 23.1 Å².